The second-order valence-corrected chi connectivity index (χ2v) is 5.00. The molecule has 1 fully saturated rings. The zero-order valence-corrected chi connectivity index (χ0v) is 10.1. The standard InChI is InChI=1S/C12H14ClNO3/c13-7-5-8-11(17-4-3-16-8)9(10(7)15)12(6-14)1-2-12/h5,15H,1-4,6,14H2. The van der Waals surface area contributed by atoms with E-state index < -0.39 is 0 Å². The zero-order chi connectivity index (χ0) is 12.0. The summed E-state index contributed by atoms with van der Waals surface area (Å²) >= 11 is 6.02. The minimum Gasteiger partial charge on any atom is -0.506 e. The average Bonchev–Trinajstić information content (AvgIpc) is 3.11. The molecule has 0 bridgehead atoms. The van der Waals surface area contributed by atoms with Gasteiger partial charge in [0, 0.05) is 23.6 Å². The van der Waals surface area contributed by atoms with Crippen LogP contribution in [0.4, 0.5) is 0 Å². The molecule has 0 spiro atoms. The SMILES string of the molecule is NCC1(c2c(O)c(Cl)cc3c2OCCO3)CC1. The van der Waals surface area contributed by atoms with Gasteiger partial charge in [0.25, 0.3) is 0 Å². The number of phenols is 1. The van der Waals surface area contributed by atoms with Crippen molar-refractivity contribution in [1.82, 2.24) is 0 Å². The Morgan fingerprint density at radius 2 is 2.06 bits per heavy atom. The molecule has 1 aromatic rings. The van der Waals surface area contributed by atoms with Gasteiger partial charge in [-0.05, 0) is 12.8 Å². The quantitative estimate of drug-likeness (QED) is 0.846. The molecule has 2 aliphatic rings. The van der Waals surface area contributed by atoms with E-state index in [4.69, 9.17) is 26.8 Å². The Morgan fingerprint density at radius 1 is 1.35 bits per heavy atom. The number of benzene rings is 1. The molecule has 1 aliphatic carbocycles. The maximum absolute atomic E-state index is 10.1. The van der Waals surface area contributed by atoms with Crippen LogP contribution in [-0.4, -0.2) is 24.9 Å². The van der Waals surface area contributed by atoms with Crippen molar-refractivity contribution in [3.63, 3.8) is 0 Å². The molecule has 5 heteroatoms. The van der Waals surface area contributed by atoms with E-state index in [1.807, 2.05) is 0 Å². The van der Waals surface area contributed by atoms with E-state index in [1.165, 1.54) is 0 Å². The summed E-state index contributed by atoms with van der Waals surface area (Å²) in [5.41, 5.74) is 6.35. The Labute approximate surface area is 104 Å². The minimum atomic E-state index is -0.181. The number of halogens is 1. The van der Waals surface area contributed by atoms with Gasteiger partial charge < -0.3 is 20.3 Å². The summed E-state index contributed by atoms with van der Waals surface area (Å²) < 4.78 is 11.1. The number of rotatable bonds is 2. The van der Waals surface area contributed by atoms with Gasteiger partial charge in [-0.25, -0.2) is 0 Å². The van der Waals surface area contributed by atoms with E-state index in [2.05, 4.69) is 0 Å². The number of hydrogen-bond donors (Lipinski definition) is 2. The van der Waals surface area contributed by atoms with Crippen molar-refractivity contribution < 1.29 is 14.6 Å². The summed E-state index contributed by atoms with van der Waals surface area (Å²) in [6.07, 6.45) is 1.90. The van der Waals surface area contributed by atoms with E-state index in [0.29, 0.717) is 36.3 Å². The third-order valence-corrected chi connectivity index (χ3v) is 3.82. The van der Waals surface area contributed by atoms with Crippen molar-refractivity contribution in [2.75, 3.05) is 19.8 Å². The molecule has 1 aliphatic heterocycles. The van der Waals surface area contributed by atoms with Crippen molar-refractivity contribution >= 4 is 11.6 Å². The molecule has 3 rings (SSSR count). The summed E-state index contributed by atoms with van der Waals surface area (Å²) in [6.45, 7) is 1.47. The van der Waals surface area contributed by atoms with Gasteiger partial charge in [-0.15, -0.1) is 0 Å². The fourth-order valence-corrected chi connectivity index (χ4v) is 2.54. The van der Waals surface area contributed by atoms with Gasteiger partial charge in [-0.3, -0.25) is 0 Å². The number of hydrogen-bond acceptors (Lipinski definition) is 4. The van der Waals surface area contributed by atoms with Crippen molar-refractivity contribution in [2.45, 2.75) is 18.3 Å². The van der Waals surface area contributed by atoms with Gasteiger partial charge in [0.05, 0.1) is 5.02 Å². The Bertz CT molecular complexity index is 471. The van der Waals surface area contributed by atoms with Crippen LogP contribution in [0.3, 0.4) is 0 Å². The smallest absolute Gasteiger partial charge is 0.168 e. The molecule has 0 amide bonds. The predicted octanol–water partition coefficient (Wildman–Crippen LogP) is 1.81. The van der Waals surface area contributed by atoms with Crippen molar-refractivity contribution in [3.8, 4) is 17.2 Å². The lowest BCUT2D eigenvalue weighted by atomic mass is 9.93. The van der Waals surface area contributed by atoms with E-state index in [0.717, 1.165) is 18.4 Å². The van der Waals surface area contributed by atoms with Crippen LogP contribution in [0.2, 0.25) is 5.02 Å². The monoisotopic (exact) mass is 255 g/mol. The first-order valence-corrected chi connectivity index (χ1v) is 6.07. The first-order valence-electron chi connectivity index (χ1n) is 5.69. The molecule has 4 nitrogen and oxygen atoms in total. The lowest BCUT2D eigenvalue weighted by Crippen LogP contribution is -2.24. The average molecular weight is 256 g/mol. The predicted molar refractivity (Wildman–Crippen MR) is 64.1 cm³/mol. The maximum Gasteiger partial charge on any atom is 0.168 e. The largest absolute Gasteiger partial charge is 0.506 e. The molecule has 1 saturated carbocycles. The molecule has 0 saturated heterocycles. The minimum absolute atomic E-state index is 0.0823. The molecule has 0 atom stereocenters. The lowest BCUT2D eigenvalue weighted by molar-refractivity contribution is 0.168. The third-order valence-electron chi connectivity index (χ3n) is 3.53. The molecule has 0 unspecified atom stereocenters. The highest BCUT2D eigenvalue weighted by atomic mass is 35.5. The molecular weight excluding hydrogens is 242 g/mol. The molecule has 1 heterocycles. The number of nitrogens with two attached hydrogens (primary N) is 1. The summed E-state index contributed by atoms with van der Waals surface area (Å²) in [7, 11) is 0. The summed E-state index contributed by atoms with van der Waals surface area (Å²) in [5.74, 6) is 1.30. The molecule has 92 valence electrons. The number of fused-ring (bicyclic) bond motifs is 1. The summed E-state index contributed by atoms with van der Waals surface area (Å²) in [5, 5.41) is 10.4. The van der Waals surface area contributed by atoms with Crippen LogP contribution in [0.1, 0.15) is 18.4 Å². The fraction of sp³-hybridized carbons (Fsp3) is 0.500. The van der Waals surface area contributed by atoms with Crippen LogP contribution in [0, 0.1) is 0 Å². The molecular formula is C12H14ClNO3. The normalized spacial score (nSPS) is 20.1. The van der Waals surface area contributed by atoms with Crippen LogP contribution in [0.25, 0.3) is 0 Å². The number of aromatic hydroxyl groups is 1. The maximum atomic E-state index is 10.1. The highest BCUT2D eigenvalue weighted by molar-refractivity contribution is 6.32. The highest BCUT2D eigenvalue weighted by Gasteiger charge is 2.48. The van der Waals surface area contributed by atoms with Gasteiger partial charge in [-0.2, -0.15) is 0 Å². The summed E-state index contributed by atoms with van der Waals surface area (Å²) in [4.78, 5) is 0. The topological polar surface area (TPSA) is 64.7 Å². The van der Waals surface area contributed by atoms with E-state index in [1.54, 1.807) is 6.07 Å². The highest BCUT2D eigenvalue weighted by Crippen LogP contribution is 2.58. The zero-order valence-electron chi connectivity index (χ0n) is 9.33. The summed E-state index contributed by atoms with van der Waals surface area (Å²) in [6, 6.07) is 1.60. The molecule has 1 aromatic carbocycles. The van der Waals surface area contributed by atoms with E-state index >= 15 is 0 Å². The Morgan fingerprint density at radius 3 is 2.71 bits per heavy atom. The van der Waals surface area contributed by atoms with E-state index in [9.17, 15) is 5.11 Å². The molecule has 0 aromatic heterocycles. The van der Waals surface area contributed by atoms with Crippen LogP contribution in [0.5, 0.6) is 17.2 Å². The van der Waals surface area contributed by atoms with Crippen LogP contribution < -0.4 is 15.2 Å². The van der Waals surface area contributed by atoms with Gasteiger partial charge in [0.15, 0.2) is 11.5 Å². The second kappa shape index (κ2) is 3.68. The van der Waals surface area contributed by atoms with Crippen molar-refractivity contribution in [3.05, 3.63) is 16.7 Å². The molecule has 3 N–H and O–H groups in total. The third kappa shape index (κ3) is 1.55. The van der Waals surface area contributed by atoms with Crippen LogP contribution in [-0.2, 0) is 5.41 Å². The Balaban J connectivity index is 2.21. The van der Waals surface area contributed by atoms with Crippen LogP contribution >= 0.6 is 11.6 Å². The Kier molecular flexibility index (Phi) is 2.38. The first kappa shape index (κ1) is 11.0. The van der Waals surface area contributed by atoms with Gasteiger partial charge >= 0.3 is 0 Å². The van der Waals surface area contributed by atoms with Gasteiger partial charge in [-0.1, -0.05) is 11.6 Å². The Hall–Kier alpha value is -1.13. The fourth-order valence-electron chi connectivity index (χ4n) is 2.34. The molecule has 0 radical (unpaired) electrons. The van der Waals surface area contributed by atoms with Gasteiger partial charge in [0.1, 0.15) is 19.0 Å². The number of ether oxygens (including phenoxy) is 2. The van der Waals surface area contributed by atoms with Crippen molar-refractivity contribution in [2.24, 2.45) is 5.73 Å². The first-order chi connectivity index (χ1) is 8.18. The lowest BCUT2D eigenvalue weighted by Gasteiger charge is -2.26. The second-order valence-electron chi connectivity index (χ2n) is 4.59. The van der Waals surface area contributed by atoms with Crippen LogP contribution in [0.15, 0.2) is 6.07 Å². The van der Waals surface area contributed by atoms with Gasteiger partial charge in [0.2, 0.25) is 0 Å². The number of phenolic OH excluding ortho intramolecular Hbond substituents is 1. The van der Waals surface area contributed by atoms with Crippen molar-refractivity contribution in [1.29, 1.82) is 0 Å². The molecule has 17 heavy (non-hydrogen) atoms. The van der Waals surface area contributed by atoms with E-state index in [-0.39, 0.29) is 11.2 Å².